The van der Waals surface area contributed by atoms with E-state index >= 15 is 0 Å². The van der Waals surface area contributed by atoms with Gasteiger partial charge in [-0.25, -0.2) is 9.99 Å². The van der Waals surface area contributed by atoms with E-state index in [4.69, 9.17) is 41.5 Å². The maximum Gasteiger partial charge on any atom is 0.309 e. The number of hydrazine groups is 1. The molecule has 0 saturated carbocycles. The van der Waals surface area contributed by atoms with Crippen LogP contribution >= 0.6 is 23.2 Å². The molecule has 4 rings (SSSR count). The van der Waals surface area contributed by atoms with Crippen LogP contribution in [0.1, 0.15) is 55.7 Å². The molecule has 0 unspecified atom stereocenters. The molecule has 48 heavy (non-hydrogen) atoms. The lowest BCUT2D eigenvalue weighted by Gasteiger charge is -2.26. The van der Waals surface area contributed by atoms with Crippen LogP contribution in [0.5, 0.6) is 5.75 Å². The molecule has 3 aromatic rings. The van der Waals surface area contributed by atoms with Crippen LogP contribution in [-0.2, 0) is 30.4 Å². The van der Waals surface area contributed by atoms with Gasteiger partial charge in [0.05, 0.1) is 28.0 Å². The normalized spacial score (nSPS) is 14.3. The second-order valence-corrected chi connectivity index (χ2v) is 17.1. The maximum atomic E-state index is 13.3. The minimum absolute atomic E-state index is 0.0538. The molecule has 3 N–H and O–H groups in total. The predicted molar refractivity (Wildman–Crippen MR) is 183 cm³/mol. The van der Waals surface area contributed by atoms with Gasteiger partial charge in [0.1, 0.15) is 11.6 Å². The summed E-state index contributed by atoms with van der Waals surface area (Å²) in [4.78, 5) is 18.0. The van der Waals surface area contributed by atoms with Gasteiger partial charge in [0.25, 0.3) is 26.1 Å². The largest absolute Gasteiger partial charge is 0.382 e. The van der Waals surface area contributed by atoms with Crippen molar-refractivity contribution in [2.24, 2.45) is 5.92 Å². The summed E-state index contributed by atoms with van der Waals surface area (Å²) >= 11 is 12.7. The lowest BCUT2D eigenvalue weighted by Crippen LogP contribution is -2.45. The molecule has 0 spiro atoms. The highest BCUT2D eigenvalue weighted by Crippen LogP contribution is 2.34. The molecule has 266 valence electrons. The topological polar surface area (TPSA) is 202 Å². The molecule has 1 saturated heterocycles. The highest BCUT2D eigenvalue weighted by atomic mass is 35.5. The lowest BCUT2D eigenvalue weighted by atomic mass is 10.2. The maximum absolute atomic E-state index is 13.3. The molecule has 2 aromatic carbocycles. The zero-order chi connectivity index (χ0) is 35.9. The molecule has 14 nitrogen and oxygen atoms in total. The number of carbonyl (C=O) groups excluding carboxylic acids is 1. The third kappa shape index (κ3) is 12.6. The van der Waals surface area contributed by atoms with Crippen LogP contribution in [0.3, 0.4) is 0 Å². The van der Waals surface area contributed by atoms with Crippen LogP contribution in [0, 0.1) is 12.8 Å². The number of aromatic nitrogens is 2. The molecule has 1 aromatic heterocycles. The average Bonchev–Trinajstić information content (AvgIpc) is 3.32. The summed E-state index contributed by atoms with van der Waals surface area (Å²) in [6.07, 6.45) is 3.72. The summed E-state index contributed by atoms with van der Waals surface area (Å²) in [5.74, 6) is -1.39. The Bertz CT molecular complexity index is 1880. The number of nitrogens with zero attached hydrogens (tertiary/aromatic N) is 3. The monoisotopic (exact) mass is 768 g/mol. The number of halogens is 2. The van der Waals surface area contributed by atoms with Crippen molar-refractivity contribution in [1.29, 1.82) is 0 Å². The van der Waals surface area contributed by atoms with Crippen molar-refractivity contribution in [3.8, 4) is 22.8 Å². The number of hydrogen-bond acceptors (Lipinski definition) is 10. The molecule has 0 aliphatic carbocycles. The van der Waals surface area contributed by atoms with Crippen molar-refractivity contribution in [2.75, 3.05) is 30.3 Å². The second kappa shape index (κ2) is 16.8. The standard InChI is InChI=1S/C27H32Cl2N4O4S.C2H6O6S2/c1-18(2)13-16-38(35,36)37-22-10-8-21(9-11-22)33-19(3)25(27(34)31-32-14-5-4-6-15-32)30-26(33)23-12-7-20(28)17-24(23)29;3-9(4,5)1-2-10(6,7)8/h7-12,17-18H,4-6,13-16H2,1-3H3,(H,31,34);1-2H2,(H,3,4,5)(H,6,7,8). The van der Waals surface area contributed by atoms with Gasteiger partial charge in [0.2, 0.25) is 0 Å². The summed E-state index contributed by atoms with van der Waals surface area (Å²) in [6, 6.07) is 11.7. The molecule has 1 amide bonds. The second-order valence-electron chi connectivity index (χ2n) is 11.4. The Labute approximate surface area is 291 Å². The number of imidazole rings is 1. The van der Waals surface area contributed by atoms with Crippen LogP contribution in [0.25, 0.3) is 17.1 Å². The SMILES string of the molecule is Cc1c(C(=O)NN2CCCCC2)nc(-c2ccc(Cl)cc2Cl)n1-c1ccc(OS(=O)(=O)CCC(C)C)cc1.O=S(=O)(O)CCS(=O)(=O)O. The Morgan fingerprint density at radius 3 is 2.02 bits per heavy atom. The molecule has 2 heterocycles. The number of piperidine rings is 1. The van der Waals surface area contributed by atoms with Gasteiger partial charge in [0, 0.05) is 29.4 Å². The molecule has 0 bridgehead atoms. The average molecular weight is 770 g/mol. The van der Waals surface area contributed by atoms with Crippen molar-refractivity contribution in [3.63, 3.8) is 0 Å². The minimum Gasteiger partial charge on any atom is -0.382 e. The van der Waals surface area contributed by atoms with Gasteiger partial charge in [-0.15, -0.1) is 0 Å². The minimum atomic E-state index is -4.30. The van der Waals surface area contributed by atoms with Crippen molar-refractivity contribution in [3.05, 3.63) is 63.9 Å². The predicted octanol–water partition coefficient (Wildman–Crippen LogP) is 4.80. The van der Waals surface area contributed by atoms with Crippen molar-refractivity contribution in [1.82, 2.24) is 20.0 Å². The fourth-order valence-corrected chi connectivity index (χ4v) is 7.94. The number of nitrogens with one attached hydrogen (secondary N) is 1. The molecular formula is C29H38Cl2N4O10S3. The van der Waals surface area contributed by atoms with Gasteiger partial charge in [-0.3, -0.25) is 23.9 Å². The van der Waals surface area contributed by atoms with Gasteiger partial charge >= 0.3 is 10.1 Å². The quantitative estimate of drug-likeness (QED) is 0.168. The zero-order valence-electron chi connectivity index (χ0n) is 26.5. The number of benzene rings is 2. The smallest absolute Gasteiger partial charge is 0.309 e. The summed E-state index contributed by atoms with van der Waals surface area (Å²) in [7, 11) is -12.3. The van der Waals surface area contributed by atoms with Crippen LogP contribution < -0.4 is 9.61 Å². The number of rotatable bonds is 12. The van der Waals surface area contributed by atoms with E-state index in [2.05, 4.69) is 5.43 Å². The molecule has 0 radical (unpaired) electrons. The first-order valence-electron chi connectivity index (χ1n) is 14.8. The molecule has 1 aliphatic heterocycles. The Morgan fingerprint density at radius 2 is 1.50 bits per heavy atom. The van der Waals surface area contributed by atoms with E-state index in [1.165, 1.54) is 0 Å². The van der Waals surface area contributed by atoms with Crippen LogP contribution in [-0.4, -0.2) is 85.2 Å². The molecule has 1 aliphatic rings. The summed E-state index contributed by atoms with van der Waals surface area (Å²) in [5.41, 5.74) is 5.13. The van der Waals surface area contributed by atoms with Crippen LogP contribution in [0.15, 0.2) is 42.5 Å². The van der Waals surface area contributed by atoms with Crippen LogP contribution in [0.2, 0.25) is 10.0 Å². The third-order valence-electron chi connectivity index (χ3n) is 6.97. The molecule has 0 atom stereocenters. The van der Waals surface area contributed by atoms with Gasteiger partial charge in [-0.2, -0.15) is 25.3 Å². The summed E-state index contributed by atoms with van der Waals surface area (Å²) in [5, 5.41) is 2.80. The Balaban J connectivity index is 0.000000542. The van der Waals surface area contributed by atoms with E-state index in [0.717, 1.165) is 32.4 Å². The van der Waals surface area contributed by atoms with E-state index in [1.807, 2.05) is 30.3 Å². The van der Waals surface area contributed by atoms with Gasteiger partial charge in [-0.05, 0) is 74.6 Å². The third-order valence-corrected chi connectivity index (χ3v) is 10.4. The number of hydrogen-bond donors (Lipinski definition) is 3. The summed E-state index contributed by atoms with van der Waals surface area (Å²) in [6.45, 7) is 7.32. The number of carbonyl (C=O) groups is 1. The van der Waals surface area contributed by atoms with E-state index < -0.39 is 41.9 Å². The fourth-order valence-electron chi connectivity index (χ4n) is 4.52. The van der Waals surface area contributed by atoms with Gasteiger partial charge in [-0.1, -0.05) is 43.5 Å². The molecule has 1 fully saturated rings. The van der Waals surface area contributed by atoms with Crippen molar-refractivity contribution in [2.45, 2.75) is 46.5 Å². The van der Waals surface area contributed by atoms with Gasteiger partial charge in [0.15, 0.2) is 5.69 Å². The first-order valence-corrected chi connectivity index (χ1v) is 20.3. The van der Waals surface area contributed by atoms with Gasteiger partial charge < -0.3 is 4.18 Å². The Kier molecular flexibility index (Phi) is 13.8. The van der Waals surface area contributed by atoms with E-state index in [9.17, 15) is 30.0 Å². The Hall–Kier alpha value is -2.77. The molecular weight excluding hydrogens is 731 g/mol. The molecule has 19 heteroatoms. The van der Waals surface area contributed by atoms with E-state index in [-0.39, 0.29) is 29.0 Å². The van der Waals surface area contributed by atoms with E-state index in [0.29, 0.717) is 39.2 Å². The first-order chi connectivity index (χ1) is 22.2. The van der Waals surface area contributed by atoms with Crippen molar-refractivity contribution >= 4 is 59.5 Å². The highest BCUT2D eigenvalue weighted by Gasteiger charge is 2.25. The van der Waals surface area contributed by atoms with E-state index in [1.54, 1.807) is 42.5 Å². The van der Waals surface area contributed by atoms with Crippen LogP contribution in [0.4, 0.5) is 0 Å². The highest BCUT2D eigenvalue weighted by molar-refractivity contribution is 7.89. The fraction of sp³-hybridized carbons (Fsp3) is 0.448. The van der Waals surface area contributed by atoms with Crippen molar-refractivity contribution < 1.29 is 43.3 Å². The lowest BCUT2D eigenvalue weighted by molar-refractivity contribution is 0.0744. The zero-order valence-corrected chi connectivity index (χ0v) is 30.4. The summed E-state index contributed by atoms with van der Waals surface area (Å²) < 4.78 is 87.2. The Morgan fingerprint density at radius 1 is 0.917 bits per heavy atom. The first kappa shape index (κ1) is 39.7. The number of amides is 1.